The van der Waals surface area contributed by atoms with E-state index in [1.807, 2.05) is 36.1 Å². The predicted molar refractivity (Wildman–Crippen MR) is 101 cm³/mol. The molecule has 4 heterocycles. The summed E-state index contributed by atoms with van der Waals surface area (Å²) in [6, 6.07) is 9.05. The third kappa shape index (κ3) is 4.16. The quantitative estimate of drug-likeness (QED) is 0.673. The number of carbonyl (C=O) groups excluding carboxylic acids is 1. The lowest BCUT2D eigenvalue weighted by Crippen LogP contribution is -2.39. The maximum absolute atomic E-state index is 12.7. The highest BCUT2D eigenvalue weighted by Gasteiger charge is 2.26. The number of piperidine rings is 1. The molecule has 1 saturated heterocycles. The standard InChI is InChI=1S/C20H21N5O3/c1-14-4-5-19(23-22-14)27-13-15-6-9-25(10-7-15)20(26)17-11-18(28-24-17)16-3-2-8-21-12-16/h2-5,8,11-12,15H,6-7,9-10,13H2,1H3. The summed E-state index contributed by atoms with van der Waals surface area (Å²) in [6.45, 7) is 3.80. The molecule has 0 unspecified atom stereocenters. The van der Waals surface area contributed by atoms with Crippen LogP contribution in [0, 0.1) is 12.8 Å². The highest BCUT2D eigenvalue weighted by molar-refractivity contribution is 5.93. The van der Waals surface area contributed by atoms with Gasteiger partial charge in [0.2, 0.25) is 5.88 Å². The number of amides is 1. The Morgan fingerprint density at radius 3 is 2.82 bits per heavy atom. The summed E-state index contributed by atoms with van der Waals surface area (Å²) in [5.41, 5.74) is 1.98. The molecule has 0 radical (unpaired) electrons. The van der Waals surface area contributed by atoms with Crippen LogP contribution >= 0.6 is 0 Å². The zero-order chi connectivity index (χ0) is 19.3. The second-order valence-electron chi connectivity index (χ2n) is 6.88. The molecule has 1 aliphatic heterocycles. The van der Waals surface area contributed by atoms with E-state index in [-0.39, 0.29) is 5.91 Å². The largest absolute Gasteiger partial charge is 0.476 e. The van der Waals surface area contributed by atoms with Crippen LogP contribution in [0.25, 0.3) is 11.3 Å². The molecule has 144 valence electrons. The van der Waals surface area contributed by atoms with E-state index in [4.69, 9.17) is 9.26 Å². The molecule has 1 amide bonds. The van der Waals surface area contributed by atoms with Crippen molar-refractivity contribution in [2.75, 3.05) is 19.7 Å². The van der Waals surface area contributed by atoms with Crippen molar-refractivity contribution in [2.24, 2.45) is 5.92 Å². The highest BCUT2D eigenvalue weighted by atomic mass is 16.5. The van der Waals surface area contributed by atoms with E-state index < -0.39 is 0 Å². The van der Waals surface area contributed by atoms with Crippen LogP contribution < -0.4 is 4.74 Å². The molecule has 0 bridgehead atoms. The lowest BCUT2D eigenvalue weighted by molar-refractivity contribution is 0.0649. The summed E-state index contributed by atoms with van der Waals surface area (Å²) >= 11 is 0. The fraction of sp³-hybridized carbons (Fsp3) is 0.350. The first-order chi connectivity index (χ1) is 13.7. The van der Waals surface area contributed by atoms with Crippen molar-refractivity contribution in [3.05, 3.63) is 54.1 Å². The van der Waals surface area contributed by atoms with Gasteiger partial charge in [-0.2, -0.15) is 5.10 Å². The van der Waals surface area contributed by atoms with Crippen LogP contribution in [0.5, 0.6) is 5.88 Å². The van der Waals surface area contributed by atoms with E-state index in [0.717, 1.165) is 24.1 Å². The van der Waals surface area contributed by atoms with Crippen molar-refractivity contribution in [1.29, 1.82) is 0 Å². The molecule has 0 aliphatic carbocycles. The molecule has 4 rings (SSSR count). The first-order valence-corrected chi connectivity index (χ1v) is 9.28. The van der Waals surface area contributed by atoms with Crippen molar-refractivity contribution < 1.29 is 14.1 Å². The maximum atomic E-state index is 12.7. The summed E-state index contributed by atoms with van der Waals surface area (Å²) in [5, 5.41) is 11.9. The molecule has 0 aromatic carbocycles. The first-order valence-electron chi connectivity index (χ1n) is 9.28. The van der Waals surface area contributed by atoms with Gasteiger partial charge in [-0.3, -0.25) is 9.78 Å². The Labute approximate surface area is 162 Å². The summed E-state index contributed by atoms with van der Waals surface area (Å²) < 4.78 is 11.0. The first kappa shape index (κ1) is 18.1. The fourth-order valence-corrected chi connectivity index (χ4v) is 3.15. The topological polar surface area (TPSA) is 94.2 Å². The van der Waals surface area contributed by atoms with Crippen molar-refractivity contribution in [1.82, 2.24) is 25.2 Å². The number of pyridine rings is 1. The summed E-state index contributed by atoms with van der Waals surface area (Å²) in [4.78, 5) is 18.6. The number of rotatable bonds is 5. The minimum Gasteiger partial charge on any atom is -0.476 e. The average molecular weight is 379 g/mol. The average Bonchev–Trinajstić information content (AvgIpc) is 3.24. The molecule has 8 nitrogen and oxygen atoms in total. The Bertz CT molecular complexity index is 919. The van der Waals surface area contributed by atoms with Gasteiger partial charge >= 0.3 is 0 Å². The second-order valence-corrected chi connectivity index (χ2v) is 6.88. The predicted octanol–water partition coefficient (Wildman–Crippen LogP) is 2.77. The lowest BCUT2D eigenvalue weighted by Gasteiger charge is -2.31. The number of aryl methyl sites for hydroxylation is 1. The molecule has 0 saturated carbocycles. The van der Waals surface area contributed by atoms with Gasteiger partial charge in [0, 0.05) is 43.2 Å². The zero-order valence-electron chi connectivity index (χ0n) is 15.6. The van der Waals surface area contributed by atoms with Crippen molar-refractivity contribution in [3.8, 4) is 17.2 Å². The Morgan fingerprint density at radius 2 is 2.11 bits per heavy atom. The van der Waals surface area contributed by atoms with E-state index in [0.29, 0.717) is 42.9 Å². The van der Waals surface area contributed by atoms with Crippen molar-refractivity contribution in [2.45, 2.75) is 19.8 Å². The van der Waals surface area contributed by atoms with Crippen molar-refractivity contribution >= 4 is 5.91 Å². The number of aromatic nitrogens is 4. The molecule has 8 heteroatoms. The van der Waals surface area contributed by atoms with Crippen LogP contribution in [-0.2, 0) is 0 Å². The molecule has 0 N–H and O–H groups in total. The number of hydrogen-bond donors (Lipinski definition) is 0. The smallest absolute Gasteiger partial charge is 0.276 e. The Balaban J connectivity index is 1.29. The summed E-state index contributed by atoms with van der Waals surface area (Å²) in [6.07, 6.45) is 5.11. The Morgan fingerprint density at radius 1 is 1.25 bits per heavy atom. The maximum Gasteiger partial charge on any atom is 0.276 e. The molecule has 1 fully saturated rings. The van der Waals surface area contributed by atoms with E-state index in [1.165, 1.54) is 0 Å². The lowest BCUT2D eigenvalue weighted by atomic mass is 9.97. The monoisotopic (exact) mass is 379 g/mol. The molecule has 3 aromatic rings. The molecule has 1 aliphatic rings. The van der Waals surface area contributed by atoms with Gasteiger partial charge in [-0.15, -0.1) is 5.10 Å². The molecule has 0 atom stereocenters. The third-order valence-corrected chi connectivity index (χ3v) is 4.82. The van der Waals surface area contributed by atoms with Crippen LogP contribution in [0.4, 0.5) is 0 Å². The van der Waals surface area contributed by atoms with Crippen LogP contribution in [0.15, 0.2) is 47.2 Å². The fourth-order valence-electron chi connectivity index (χ4n) is 3.15. The van der Waals surface area contributed by atoms with Gasteiger partial charge in [0.05, 0.1) is 12.3 Å². The van der Waals surface area contributed by atoms with Crippen molar-refractivity contribution in [3.63, 3.8) is 0 Å². The number of hydrogen-bond acceptors (Lipinski definition) is 7. The molecular weight excluding hydrogens is 358 g/mol. The Kier molecular flexibility index (Phi) is 5.27. The molecule has 28 heavy (non-hydrogen) atoms. The van der Waals surface area contributed by atoms with E-state index >= 15 is 0 Å². The van der Waals surface area contributed by atoms with Gasteiger partial charge in [0.15, 0.2) is 11.5 Å². The van der Waals surface area contributed by atoms with Gasteiger partial charge in [0.25, 0.3) is 5.91 Å². The van der Waals surface area contributed by atoms with Crippen LogP contribution in [0.1, 0.15) is 29.0 Å². The minimum absolute atomic E-state index is 0.109. The van der Waals surface area contributed by atoms with Gasteiger partial charge in [-0.05, 0) is 43.9 Å². The van der Waals surface area contributed by atoms with Crippen LogP contribution in [-0.4, -0.2) is 50.8 Å². The van der Waals surface area contributed by atoms with Crippen LogP contribution in [0.3, 0.4) is 0 Å². The highest BCUT2D eigenvalue weighted by Crippen LogP contribution is 2.23. The Hall–Kier alpha value is -3.29. The minimum atomic E-state index is -0.109. The third-order valence-electron chi connectivity index (χ3n) is 4.82. The number of carbonyl (C=O) groups is 1. The summed E-state index contributed by atoms with van der Waals surface area (Å²) in [5.74, 6) is 1.35. The van der Waals surface area contributed by atoms with E-state index in [9.17, 15) is 4.79 Å². The summed E-state index contributed by atoms with van der Waals surface area (Å²) in [7, 11) is 0. The van der Waals surface area contributed by atoms with Gasteiger partial charge in [0.1, 0.15) is 0 Å². The number of likely N-dealkylation sites (tertiary alicyclic amines) is 1. The van der Waals surface area contributed by atoms with Gasteiger partial charge < -0.3 is 14.2 Å². The number of nitrogens with zero attached hydrogens (tertiary/aromatic N) is 5. The normalized spacial score (nSPS) is 14.8. The van der Waals surface area contributed by atoms with Crippen LogP contribution in [0.2, 0.25) is 0 Å². The number of ether oxygens (including phenoxy) is 1. The SMILES string of the molecule is Cc1ccc(OCC2CCN(C(=O)c3cc(-c4cccnc4)on3)CC2)nn1. The molecular formula is C20H21N5O3. The zero-order valence-corrected chi connectivity index (χ0v) is 15.6. The van der Waals surface area contributed by atoms with E-state index in [2.05, 4.69) is 20.3 Å². The van der Waals surface area contributed by atoms with Gasteiger partial charge in [-0.25, -0.2) is 0 Å². The molecule has 3 aromatic heterocycles. The molecule has 0 spiro atoms. The second kappa shape index (κ2) is 8.16. The van der Waals surface area contributed by atoms with E-state index in [1.54, 1.807) is 18.5 Å². The van der Waals surface area contributed by atoms with Gasteiger partial charge in [-0.1, -0.05) is 5.16 Å².